The van der Waals surface area contributed by atoms with Crippen LogP contribution in [0.25, 0.3) is 0 Å². The monoisotopic (exact) mass is 278 g/mol. The summed E-state index contributed by atoms with van der Waals surface area (Å²) in [5.41, 5.74) is 2.08. The number of nitrogens with zero attached hydrogens (tertiary/aromatic N) is 1. The third kappa shape index (κ3) is 1.88. The first-order valence-corrected chi connectivity index (χ1v) is 4.53. The number of hydrogen-bond acceptors (Lipinski definition) is 3. The fourth-order valence-electron chi connectivity index (χ4n) is 0.972. The van der Waals surface area contributed by atoms with Crippen molar-refractivity contribution < 1.29 is 5.21 Å². The molecule has 0 heterocycles. The van der Waals surface area contributed by atoms with Crippen LogP contribution in [0.15, 0.2) is 12.1 Å². The second-order valence-corrected chi connectivity index (χ2v) is 3.82. The van der Waals surface area contributed by atoms with Crippen LogP contribution in [0.3, 0.4) is 0 Å². The van der Waals surface area contributed by atoms with Gasteiger partial charge in [-0.3, -0.25) is 5.21 Å². The minimum atomic E-state index is -0.0988. The van der Waals surface area contributed by atoms with Crippen LogP contribution < -0.4 is 5.23 Å². The Bertz CT molecular complexity index is 299. The van der Waals surface area contributed by atoms with E-state index >= 15 is 0 Å². The van der Waals surface area contributed by atoms with E-state index in [2.05, 4.69) is 22.6 Å². The van der Waals surface area contributed by atoms with Gasteiger partial charge in [-0.1, -0.05) is 0 Å². The van der Waals surface area contributed by atoms with E-state index < -0.39 is 0 Å². The van der Waals surface area contributed by atoms with Gasteiger partial charge in [0.15, 0.2) is 0 Å². The molecule has 12 heavy (non-hydrogen) atoms. The molecule has 4 heteroatoms. The summed E-state index contributed by atoms with van der Waals surface area (Å²) in [7, 11) is 0. The van der Waals surface area contributed by atoms with Crippen LogP contribution in [-0.4, -0.2) is 5.21 Å². The minimum absolute atomic E-state index is 0.0988. The predicted octanol–water partition coefficient (Wildman–Crippen LogP) is 2.60. The van der Waals surface area contributed by atoms with E-state index in [-0.39, 0.29) is 5.23 Å². The van der Waals surface area contributed by atoms with Crippen molar-refractivity contribution in [3.63, 3.8) is 0 Å². The second-order valence-electron chi connectivity index (χ2n) is 2.66. The maximum atomic E-state index is 10.6. The van der Waals surface area contributed by atoms with Crippen molar-refractivity contribution in [2.45, 2.75) is 13.8 Å². The first-order chi connectivity index (χ1) is 5.52. The Balaban J connectivity index is 3.23. The van der Waals surface area contributed by atoms with Gasteiger partial charge in [-0.15, -0.1) is 0 Å². The lowest BCUT2D eigenvalue weighted by molar-refractivity contribution is 0.296. The van der Waals surface area contributed by atoms with Crippen LogP contribution in [0.5, 0.6) is 0 Å². The molecule has 0 aliphatic rings. The van der Waals surface area contributed by atoms with Gasteiger partial charge in [0.2, 0.25) is 0 Å². The van der Waals surface area contributed by atoms with Crippen LogP contribution >= 0.6 is 22.6 Å². The minimum Gasteiger partial charge on any atom is -0.733 e. The molecule has 0 aliphatic heterocycles. The summed E-state index contributed by atoms with van der Waals surface area (Å²) in [6.45, 7) is 3.69. The Morgan fingerprint density at radius 3 is 2.42 bits per heavy atom. The van der Waals surface area contributed by atoms with Crippen LogP contribution in [0.2, 0.25) is 0 Å². The fourth-order valence-corrected chi connectivity index (χ4v) is 1.59. The lowest BCUT2D eigenvalue weighted by atomic mass is 10.1. The highest BCUT2D eigenvalue weighted by Crippen LogP contribution is 2.23. The van der Waals surface area contributed by atoms with E-state index in [4.69, 9.17) is 5.21 Å². The number of rotatable bonds is 1. The molecule has 0 unspecified atom stereocenters. The van der Waals surface area contributed by atoms with Gasteiger partial charge in [-0.05, 0) is 59.7 Å². The summed E-state index contributed by atoms with van der Waals surface area (Å²) in [6, 6.07) is 3.54. The molecule has 1 rings (SSSR count). The number of aryl methyl sites for hydroxylation is 2. The van der Waals surface area contributed by atoms with Crippen molar-refractivity contribution in [3.8, 4) is 0 Å². The average molecular weight is 278 g/mol. The predicted molar refractivity (Wildman–Crippen MR) is 56.3 cm³/mol. The summed E-state index contributed by atoms with van der Waals surface area (Å²) in [5.74, 6) is 0. The highest BCUT2D eigenvalue weighted by molar-refractivity contribution is 14.1. The summed E-state index contributed by atoms with van der Waals surface area (Å²) in [6.07, 6.45) is 0. The molecule has 1 aromatic rings. The SMILES string of the molecule is Cc1cc(N([O-])O)c(C)cc1I. The molecule has 1 N–H and O–H groups in total. The van der Waals surface area contributed by atoms with Gasteiger partial charge in [0.05, 0.1) is 5.69 Å². The second kappa shape index (κ2) is 3.59. The largest absolute Gasteiger partial charge is 0.733 e. The number of benzene rings is 1. The van der Waals surface area contributed by atoms with Gasteiger partial charge in [0.25, 0.3) is 0 Å². The number of halogens is 1. The normalized spacial score (nSPS) is 10.1. The summed E-state index contributed by atoms with van der Waals surface area (Å²) in [5, 5.41) is 19.2. The first kappa shape index (κ1) is 9.76. The average Bonchev–Trinajstić information content (AvgIpc) is 1.96. The molecule has 0 bridgehead atoms. The van der Waals surface area contributed by atoms with Crippen molar-refractivity contribution in [2.24, 2.45) is 0 Å². The molecule has 0 aliphatic carbocycles. The molecule has 0 radical (unpaired) electrons. The molecule has 0 saturated heterocycles. The molecule has 0 fully saturated rings. The Morgan fingerprint density at radius 2 is 1.92 bits per heavy atom. The standard InChI is InChI=1S/C8H9INO2/c1-5-4-8(10(11)12)6(2)3-7(5)9/h3-4,11H,1-2H3/q-1. The van der Waals surface area contributed by atoms with Gasteiger partial charge in [-0.25, -0.2) is 0 Å². The zero-order valence-corrected chi connectivity index (χ0v) is 8.99. The molecule has 0 saturated carbocycles. The summed E-state index contributed by atoms with van der Waals surface area (Å²) < 4.78 is 1.09. The Hall–Kier alpha value is -0.330. The van der Waals surface area contributed by atoms with E-state index in [9.17, 15) is 5.21 Å². The van der Waals surface area contributed by atoms with Crippen molar-refractivity contribution in [2.75, 3.05) is 5.23 Å². The number of hydrogen-bond donors (Lipinski definition) is 1. The van der Waals surface area contributed by atoms with Gasteiger partial charge >= 0.3 is 0 Å². The van der Waals surface area contributed by atoms with E-state index in [0.717, 1.165) is 14.7 Å². The van der Waals surface area contributed by atoms with E-state index in [0.29, 0.717) is 5.69 Å². The highest BCUT2D eigenvalue weighted by Gasteiger charge is 2.02. The third-order valence-electron chi connectivity index (χ3n) is 1.68. The van der Waals surface area contributed by atoms with Gasteiger partial charge < -0.3 is 10.4 Å². The zero-order valence-electron chi connectivity index (χ0n) is 6.84. The molecular formula is C8H9INO2-. The van der Waals surface area contributed by atoms with Crippen LogP contribution in [-0.2, 0) is 0 Å². The molecule has 0 aromatic heterocycles. The lowest BCUT2D eigenvalue weighted by Gasteiger charge is -2.24. The van der Waals surface area contributed by atoms with Crippen molar-refractivity contribution in [1.29, 1.82) is 0 Å². The Morgan fingerprint density at radius 1 is 1.33 bits per heavy atom. The molecule has 0 spiro atoms. The molecule has 0 amide bonds. The van der Waals surface area contributed by atoms with Gasteiger partial charge in [0.1, 0.15) is 0 Å². The molecule has 1 aromatic carbocycles. The lowest BCUT2D eigenvalue weighted by Crippen LogP contribution is -2.09. The van der Waals surface area contributed by atoms with Crippen molar-refractivity contribution in [1.82, 2.24) is 0 Å². The van der Waals surface area contributed by atoms with Gasteiger partial charge in [0, 0.05) is 3.57 Å². The highest BCUT2D eigenvalue weighted by atomic mass is 127. The van der Waals surface area contributed by atoms with Crippen LogP contribution in [0.1, 0.15) is 11.1 Å². The van der Waals surface area contributed by atoms with Gasteiger partial charge in [-0.2, -0.15) is 0 Å². The van der Waals surface area contributed by atoms with E-state index in [1.807, 2.05) is 13.0 Å². The van der Waals surface area contributed by atoms with Crippen molar-refractivity contribution >= 4 is 28.3 Å². The maximum Gasteiger partial charge on any atom is 0.0541 e. The van der Waals surface area contributed by atoms with Crippen LogP contribution in [0, 0.1) is 22.6 Å². The fraction of sp³-hybridized carbons (Fsp3) is 0.250. The Kier molecular flexibility index (Phi) is 2.92. The molecule has 66 valence electrons. The number of anilines is 1. The molecule has 0 atom stereocenters. The molecular weight excluding hydrogens is 269 g/mol. The summed E-state index contributed by atoms with van der Waals surface area (Å²) in [4.78, 5) is 0. The van der Waals surface area contributed by atoms with E-state index in [1.54, 1.807) is 13.0 Å². The summed E-state index contributed by atoms with van der Waals surface area (Å²) >= 11 is 2.19. The topological polar surface area (TPSA) is 46.5 Å². The first-order valence-electron chi connectivity index (χ1n) is 3.45. The smallest absolute Gasteiger partial charge is 0.0541 e. The van der Waals surface area contributed by atoms with Crippen LogP contribution in [0.4, 0.5) is 5.69 Å². The Labute approximate surface area is 84.7 Å². The zero-order chi connectivity index (χ0) is 9.30. The van der Waals surface area contributed by atoms with Crippen molar-refractivity contribution in [3.05, 3.63) is 32.0 Å². The third-order valence-corrected chi connectivity index (χ3v) is 2.85. The maximum absolute atomic E-state index is 10.6. The van der Waals surface area contributed by atoms with E-state index in [1.165, 1.54) is 0 Å². The molecule has 3 nitrogen and oxygen atoms in total. The quantitative estimate of drug-likeness (QED) is 0.634.